The van der Waals surface area contributed by atoms with E-state index in [1.165, 1.54) is 12.2 Å². The Bertz CT molecular complexity index is 913. The third-order valence-electron chi connectivity index (χ3n) is 5.09. The van der Waals surface area contributed by atoms with Gasteiger partial charge in [-0.3, -0.25) is 14.4 Å². The van der Waals surface area contributed by atoms with Crippen LogP contribution in [0.2, 0.25) is 0 Å². The Balaban J connectivity index is 2.01. The second-order valence-corrected chi connectivity index (χ2v) is 7.83. The summed E-state index contributed by atoms with van der Waals surface area (Å²) in [7, 11) is 0. The van der Waals surface area contributed by atoms with Crippen LogP contribution in [-0.4, -0.2) is 42.9 Å². The molecule has 1 heterocycles. The molecule has 3 N–H and O–H groups in total. The maximum atomic E-state index is 12.4. The van der Waals surface area contributed by atoms with Crippen molar-refractivity contribution in [2.45, 2.75) is 46.6 Å². The van der Waals surface area contributed by atoms with Gasteiger partial charge >= 0.3 is 5.97 Å². The zero-order valence-corrected chi connectivity index (χ0v) is 19.0. The number of esters is 1. The van der Waals surface area contributed by atoms with Crippen molar-refractivity contribution in [3.8, 4) is 0 Å². The van der Waals surface area contributed by atoms with E-state index in [1.807, 2.05) is 32.9 Å². The van der Waals surface area contributed by atoms with Gasteiger partial charge in [-0.2, -0.15) is 0 Å². The van der Waals surface area contributed by atoms with Crippen LogP contribution in [0.25, 0.3) is 0 Å². The summed E-state index contributed by atoms with van der Waals surface area (Å²) in [4.78, 5) is 48.2. The van der Waals surface area contributed by atoms with E-state index in [0.29, 0.717) is 25.1 Å². The minimum Gasteiger partial charge on any atom is -0.463 e. The Hall–Kier alpha value is -3.42. The first-order valence-corrected chi connectivity index (χ1v) is 10.7. The maximum absolute atomic E-state index is 12.4. The Kier molecular flexibility index (Phi) is 9.19. The average molecular weight is 442 g/mol. The highest BCUT2D eigenvalue weighted by Crippen LogP contribution is 2.22. The molecule has 0 unspecified atom stereocenters. The highest BCUT2D eigenvalue weighted by Gasteiger charge is 2.27. The molecule has 32 heavy (non-hydrogen) atoms. The van der Waals surface area contributed by atoms with E-state index in [1.54, 1.807) is 6.92 Å². The molecule has 3 amide bonds. The average Bonchev–Trinajstić information content (AvgIpc) is 3.12. The monoisotopic (exact) mass is 441 g/mol. The first kappa shape index (κ1) is 24.8. The molecule has 0 saturated carbocycles. The summed E-state index contributed by atoms with van der Waals surface area (Å²) in [5.74, 6) is -1.79. The lowest BCUT2D eigenvalue weighted by atomic mass is 9.98. The zero-order valence-electron chi connectivity index (χ0n) is 19.0. The van der Waals surface area contributed by atoms with Gasteiger partial charge in [0, 0.05) is 42.4 Å². The van der Waals surface area contributed by atoms with Gasteiger partial charge in [-0.05, 0) is 51.7 Å². The number of anilines is 1. The van der Waals surface area contributed by atoms with Crippen molar-refractivity contribution < 1.29 is 23.9 Å². The molecule has 2 rings (SSSR count). The predicted octanol–water partition coefficient (Wildman–Crippen LogP) is 2.24. The van der Waals surface area contributed by atoms with Crippen LogP contribution in [0.4, 0.5) is 5.69 Å². The number of aryl methyl sites for hydroxylation is 3. The molecule has 1 aromatic carbocycles. The molecule has 1 aromatic rings. The van der Waals surface area contributed by atoms with Gasteiger partial charge in [0.05, 0.1) is 6.61 Å². The van der Waals surface area contributed by atoms with Gasteiger partial charge < -0.3 is 20.7 Å². The van der Waals surface area contributed by atoms with Crippen LogP contribution in [0.15, 0.2) is 36.4 Å². The Morgan fingerprint density at radius 3 is 2.38 bits per heavy atom. The normalized spacial score (nSPS) is 16.8. The summed E-state index contributed by atoms with van der Waals surface area (Å²) in [5, 5.41) is 8.29. The van der Waals surface area contributed by atoms with Crippen molar-refractivity contribution in [3.63, 3.8) is 0 Å². The van der Waals surface area contributed by atoms with Crippen molar-refractivity contribution in [3.05, 3.63) is 53.1 Å². The fourth-order valence-electron chi connectivity index (χ4n) is 3.67. The molecule has 0 aromatic heterocycles. The summed E-state index contributed by atoms with van der Waals surface area (Å²) < 4.78 is 4.87. The van der Waals surface area contributed by atoms with Crippen LogP contribution in [0, 0.1) is 26.7 Å². The summed E-state index contributed by atoms with van der Waals surface area (Å²) >= 11 is 0. The molecule has 0 aliphatic carbocycles. The highest BCUT2D eigenvalue weighted by atomic mass is 16.5. The minimum atomic E-state index is -0.560. The number of hydrogen-bond acceptors (Lipinski definition) is 5. The zero-order chi connectivity index (χ0) is 23.7. The molecular formula is C24H31N3O5. The van der Waals surface area contributed by atoms with E-state index < -0.39 is 23.8 Å². The molecule has 2 atom stereocenters. The number of carbonyl (C=O) groups excluding carboxylic acids is 4. The van der Waals surface area contributed by atoms with Crippen LogP contribution in [0.5, 0.6) is 0 Å². The van der Waals surface area contributed by atoms with Crippen LogP contribution >= 0.6 is 0 Å². The lowest BCUT2D eigenvalue weighted by molar-refractivity contribution is -0.137. The predicted molar refractivity (Wildman–Crippen MR) is 122 cm³/mol. The number of hydrogen-bond donors (Lipinski definition) is 3. The summed E-state index contributed by atoms with van der Waals surface area (Å²) in [6.07, 6.45) is 6.03. The van der Waals surface area contributed by atoms with Gasteiger partial charge in [-0.1, -0.05) is 23.8 Å². The van der Waals surface area contributed by atoms with Crippen molar-refractivity contribution in [2.24, 2.45) is 5.92 Å². The number of benzene rings is 1. The molecule has 0 spiro atoms. The van der Waals surface area contributed by atoms with E-state index >= 15 is 0 Å². The largest absolute Gasteiger partial charge is 0.463 e. The smallest absolute Gasteiger partial charge is 0.330 e. The topological polar surface area (TPSA) is 114 Å². The van der Waals surface area contributed by atoms with E-state index in [-0.39, 0.29) is 18.4 Å². The van der Waals surface area contributed by atoms with Crippen molar-refractivity contribution in [1.82, 2.24) is 10.6 Å². The molecule has 1 fully saturated rings. The molecule has 0 bridgehead atoms. The molecule has 1 aliphatic rings. The molecule has 8 nitrogen and oxygen atoms in total. The van der Waals surface area contributed by atoms with Crippen molar-refractivity contribution >= 4 is 29.4 Å². The SMILES string of the molecule is CCOC(=O)/C=C/[C@H](C[C@@H]1CCNC1=O)NC(=O)/C=C/C(=O)Nc1c(C)cc(C)cc1C. The van der Waals surface area contributed by atoms with Crippen LogP contribution in [0.3, 0.4) is 0 Å². The summed E-state index contributed by atoms with van der Waals surface area (Å²) in [6, 6.07) is 3.38. The van der Waals surface area contributed by atoms with E-state index in [4.69, 9.17) is 4.74 Å². The lowest BCUT2D eigenvalue weighted by Crippen LogP contribution is -2.35. The molecule has 1 aliphatic heterocycles. The first-order chi connectivity index (χ1) is 15.2. The molecule has 8 heteroatoms. The first-order valence-electron chi connectivity index (χ1n) is 10.7. The highest BCUT2D eigenvalue weighted by molar-refractivity contribution is 6.04. The Labute approximate surface area is 188 Å². The molecule has 1 saturated heterocycles. The van der Waals surface area contributed by atoms with Crippen molar-refractivity contribution in [1.29, 1.82) is 0 Å². The number of carbonyl (C=O) groups is 4. The molecular weight excluding hydrogens is 410 g/mol. The number of amides is 3. The Morgan fingerprint density at radius 2 is 1.78 bits per heavy atom. The second kappa shape index (κ2) is 11.8. The van der Waals surface area contributed by atoms with Crippen LogP contribution < -0.4 is 16.0 Å². The molecule has 172 valence electrons. The lowest BCUT2D eigenvalue weighted by Gasteiger charge is -2.17. The number of rotatable bonds is 9. The van der Waals surface area contributed by atoms with Gasteiger partial charge in [0.2, 0.25) is 17.7 Å². The van der Waals surface area contributed by atoms with Gasteiger partial charge in [0.1, 0.15) is 0 Å². The summed E-state index contributed by atoms with van der Waals surface area (Å²) in [5.41, 5.74) is 3.69. The number of nitrogens with one attached hydrogen (secondary N) is 3. The number of ether oxygens (including phenoxy) is 1. The quantitative estimate of drug-likeness (QED) is 0.402. The van der Waals surface area contributed by atoms with Crippen LogP contribution in [-0.2, 0) is 23.9 Å². The fourth-order valence-corrected chi connectivity index (χ4v) is 3.67. The minimum absolute atomic E-state index is 0.0764. The van der Waals surface area contributed by atoms with Crippen LogP contribution in [0.1, 0.15) is 36.5 Å². The van der Waals surface area contributed by atoms with E-state index in [2.05, 4.69) is 16.0 Å². The Morgan fingerprint density at radius 1 is 1.12 bits per heavy atom. The third kappa shape index (κ3) is 7.68. The second-order valence-electron chi connectivity index (χ2n) is 7.83. The standard InChI is InChI=1S/C24H31N3O5/c1-5-32-22(30)9-6-19(14-18-10-11-25-24(18)31)26-20(28)7-8-21(29)27-23-16(3)12-15(2)13-17(23)4/h6-9,12-13,18-19H,5,10-11,14H2,1-4H3,(H,25,31)(H,26,28)(H,27,29)/b8-7+,9-6+/t18-,19+/m0/s1. The van der Waals surface area contributed by atoms with E-state index in [9.17, 15) is 19.2 Å². The van der Waals surface area contributed by atoms with Gasteiger partial charge in [0.15, 0.2) is 0 Å². The van der Waals surface area contributed by atoms with Gasteiger partial charge in [-0.15, -0.1) is 0 Å². The third-order valence-corrected chi connectivity index (χ3v) is 5.09. The molecule has 0 radical (unpaired) electrons. The fraction of sp³-hybridized carbons (Fsp3) is 0.417. The van der Waals surface area contributed by atoms with Gasteiger partial charge in [-0.25, -0.2) is 4.79 Å². The summed E-state index contributed by atoms with van der Waals surface area (Å²) in [6.45, 7) is 8.32. The van der Waals surface area contributed by atoms with Gasteiger partial charge in [0.25, 0.3) is 0 Å². The van der Waals surface area contributed by atoms with Crippen molar-refractivity contribution in [2.75, 3.05) is 18.5 Å². The maximum Gasteiger partial charge on any atom is 0.330 e. The van der Waals surface area contributed by atoms with E-state index in [0.717, 1.165) is 28.8 Å².